The molecule has 1 aliphatic rings. The van der Waals surface area contributed by atoms with Crippen molar-refractivity contribution >= 4 is 6.09 Å². The molecule has 5 heteroatoms. The Bertz CT molecular complexity index is 281. The summed E-state index contributed by atoms with van der Waals surface area (Å²) in [6.07, 6.45) is 2.20. The van der Waals surface area contributed by atoms with Crippen LogP contribution < -0.4 is 11.1 Å². The molecule has 18 heavy (non-hydrogen) atoms. The molecule has 3 unspecified atom stereocenters. The van der Waals surface area contributed by atoms with Crippen molar-refractivity contribution in [3.8, 4) is 0 Å². The third kappa shape index (κ3) is 4.46. The van der Waals surface area contributed by atoms with Gasteiger partial charge < -0.3 is 20.9 Å². The van der Waals surface area contributed by atoms with Gasteiger partial charge in [0.25, 0.3) is 0 Å². The summed E-state index contributed by atoms with van der Waals surface area (Å²) in [4.78, 5) is 10.9. The molecule has 1 fully saturated rings. The van der Waals surface area contributed by atoms with Gasteiger partial charge in [-0.15, -0.1) is 0 Å². The molecule has 1 saturated heterocycles. The van der Waals surface area contributed by atoms with Crippen LogP contribution in [0.15, 0.2) is 0 Å². The van der Waals surface area contributed by atoms with Crippen LogP contribution in [-0.4, -0.2) is 36.0 Å². The van der Waals surface area contributed by atoms with Crippen molar-refractivity contribution in [1.82, 2.24) is 5.32 Å². The lowest BCUT2D eigenvalue weighted by Gasteiger charge is -2.36. The summed E-state index contributed by atoms with van der Waals surface area (Å²) in [6, 6.07) is 0.377. The van der Waals surface area contributed by atoms with Crippen molar-refractivity contribution in [2.24, 2.45) is 17.6 Å². The van der Waals surface area contributed by atoms with Crippen molar-refractivity contribution in [3.63, 3.8) is 0 Å². The Morgan fingerprint density at radius 3 is 2.83 bits per heavy atom. The molecule has 0 spiro atoms. The Balaban J connectivity index is 2.47. The first-order valence-electron chi connectivity index (χ1n) is 6.68. The molecule has 106 valence electrons. The number of carbonyl (C=O) groups excluding carboxylic acids is 1. The number of primary amides is 1. The molecule has 0 aliphatic carbocycles. The van der Waals surface area contributed by atoms with Crippen LogP contribution >= 0.6 is 0 Å². The SMILES string of the molecule is CC(CC1CC(CO)CCN1)C(C)(C)OC(N)=O. The van der Waals surface area contributed by atoms with Gasteiger partial charge >= 0.3 is 6.09 Å². The molecule has 4 N–H and O–H groups in total. The predicted molar refractivity (Wildman–Crippen MR) is 70.1 cm³/mol. The number of ether oxygens (including phenoxy) is 1. The largest absolute Gasteiger partial charge is 0.443 e. The first kappa shape index (κ1) is 15.2. The molecular weight excluding hydrogens is 232 g/mol. The summed E-state index contributed by atoms with van der Waals surface area (Å²) in [7, 11) is 0. The minimum absolute atomic E-state index is 0.208. The quantitative estimate of drug-likeness (QED) is 0.693. The zero-order valence-electron chi connectivity index (χ0n) is 11.6. The molecule has 5 nitrogen and oxygen atoms in total. The van der Waals surface area contributed by atoms with E-state index in [1.54, 1.807) is 0 Å². The second-order valence-corrected chi connectivity index (χ2v) is 5.89. The second kappa shape index (κ2) is 6.38. The van der Waals surface area contributed by atoms with E-state index in [0.29, 0.717) is 12.0 Å². The molecular formula is C13H26N2O3. The monoisotopic (exact) mass is 258 g/mol. The van der Waals surface area contributed by atoms with E-state index in [1.165, 1.54) is 0 Å². The number of rotatable bonds is 5. The maximum absolute atomic E-state index is 10.9. The minimum atomic E-state index is -0.725. The fourth-order valence-corrected chi connectivity index (χ4v) is 2.51. The predicted octanol–water partition coefficient (Wildman–Crippen LogP) is 1.25. The number of nitrogens with two attached hydrogens (primary N) is 1. The van der Waals surface area contributed by atoms with E-state index in [2.05, 4.69) is 12.2 Å². The standard InChI is InChI=1S/C13H26N2O3/c1-9(13(2,3)18-12(14)17)6-11-7-10(8-16)4-5-15-11/h9-11,15-16H,4-8H2,1-3H3,(H2,14,17). The zero-order valence-corrected chi connectivity index (χ0v) is 11.6. The lowest BCUT2D eigenvalue weighted by atomic mass is 9.82. The van der Waals surface area contributed by atoms with Gasteiger partial charge in [0.2, 0.25) is 0 Å². The molecule has 1 heterocycles. The highest BCUT2D eigenvalue weighted by atomic mass is 16.6. The van der Waals surface area contributed by atoms with Crippen LogP contribution in [0.2, 0.25) is 0 Å². The number of aliphatic hydroxyl groups is 1. The number of carbonyl (C=O) groups is 1. The molecule has 0 radical (unpaired) electrons. The fraction of sp³-hybridized carbons (Fsp3) is 0.923. The Kier molecular flexibility index (Phi) is 5.41. The van der Waals surface area contributed by atoms with E-state index in [9.17, 15) is 9.90 Å². The third-order valence-electron chi connectivity index (χ3n) is 4.05. The van der Waals surface area contributed by atoms with Crippen LogP contribution in [0, 0.1) is 11.8 Å². The van der Waals surface area contributed by atoms with Crippen LogP contribution in [0.4, 0.5) is 4.79 Å². The van der Waals surface area contributed by atoms with Gasteiger partial charge in [-0.1, -0.05) is 6.92 Å². The number of amides is 1. The van der Waals surface area contributed by atoms with Gasteiger partial charge in [-0.3, -0.25) is 0 Å². The maximum atomic E-state index is 10.9. The molecule has 1 aliphatic heterocycles. The van der Waals surface area contributed by atoms with Crippen molar-refractivity contribution < 1.29 is 14.6 Å². The van der Waals surface area contributed by atoms with E-state index in [4.69, 9.17) is 10.5 Å². The van der Waals surface area contributed by atoms with E-state index in [-0.39, 0.29) is 12.5 Å². The highest BCUT2D eigenvalue weighted by Crippen LogP contribution is 2.28. The van der Waals surface area contributed by atoms with E-state index in [0.717, 1.165) is 25.8 Å². The summed E-state index contributed by atoms with van der Waals surface area (Å²) < 4.78 is 5.16. The van der Waals surface area contributed by atoms with Gasteiger partial charge in [0, 0.05) is 12.6 Å². The molecule has 0 aromatic heterocycles. The lowest BCUT2D eigenvalue weighted by molar-refractivity contribution is -0.00352. The maximum Gasteiger partial charge on any atom is 0.405 e. The van der Waals surface area contributed by atoms with E-state index < -0.39 is 11.7 Å². The molecule has 0 aromatic carbocycles. The van der Waals surface area contributed by atoms with Crippen LogP contribution in [-0.2, 0) is 4.74 Å². The molecule has 0 saturated carbocycles. The van der Waals surface area contributed by atoms with Gasteiger partial charge in [0.05, 0.1) is 0 Å². The lowest BCUT2D eigenvalue weighted by Crippen LogP contribution is -2.44. The first-order chi connectivity index (χ1) is 8.35. The number of hydrogen-bond acceptors (Lipinski definition) is 4. The Hall–Kier alpha value is -0.810. The summed E-state index contributed by atoms with van der Waals surface area (Å²) in [5.74, 6) is 0.601. The van der Waals surface area contributed by atoms with Crippen LogP contribution in [0.3, 0.4) is 0 Å². The van der Waals surface area contributed by atoms with Gasteiger partial charge in [0.15, 0.2) is 0 Å². The Labute approximate surface area is 109 Å². The number of piperidine rings is 1. The van der Waals surface area contributed by atoms with Gasteiger partial charge in [-0.05, 0) is 51.5 Å². The second-order valence-electron chi connectivity index (χ2n) is 5.89. The highest BCUT2D eigenvalue weighted by Gasteiger charge is 2.32. The van der Waals surface area contributed by atoms with E-state index >= 15 is 0 Å². The van der Waals surface area contributed by atoms with E-state index in [1.807, 2.05) is 13.8 Å². The van der Waals surface area contributed by atoms with Crippen LogP contribution in [0.5, 0.6) is 0 Å². The van der Waals surface area contributed by atoms with Gasteiger partial charge in [0.1, 0.15) is 5.60 Å². The smallest absolute Gasteiger partial charge is 0.405 e. The fourth-order valence-electron chi connectivity index (χ4n) is 2.51. The normalized spacial score (nSPS) is 26.7. The Morgan fingerprint density at radius 2 is 2.28 bits per heavy atom. The molecule has 0 bridgehead atoms. The zero-order chi connectivity index (χ0) is 13.8. The summed E-state index contributed by atoms with van der Waals surface area (Å²) in [5, 5.41) is 12.7. The molecule has 3 atom stereocenters. The minimum Gasteiger partial charge on any atom is -0.443 e. The summed E-state index contributed by atoms with van der Waals surface area (Å²) in [5.41, 5.74) is 4.53. The molecule has 1 amide bonds. The average Bonchev–Trinajstić information content (AvgIpc) is 2.27. The highest BCUT2D eigenvalue weighted by molar-refractivity contribution is 5.65. The van der Waals surface area contributed by atoms with Crippen molar-refractivity contribution in [1.29, 1.82) is 0 Å². The Morgan fingerprint density at radius 1 is 1.61 bits per heavy atom. The average molecular weight is 258 g/mol. The summed E-state index contributed by atoms with van der Waals surface area (Å²) >= 11 is 0. The number of aliphatic hydroxyl groups excluding tert-OH is 1. The van der Waals surface area contributed by atoms with Crippen LogP contribution in [0.25, 0.3) is 0 Å². The molecule has 1 rings (SSSR count). The van der Waals surface area contributed by atoms with Gasteiger partial charge in [-0.25, -0.2) is 4.79 Å². The topological polar surface area (TPSA) is 84.6 Å². The third-order valence-corrected chi connectivity index (χ3v) is 4.05. The first-order valence-corrected chi connectivity index (χ1v) is 6.68. The van der Waals surface area contributed by atoms with Crippen molar-refractivity contribution in [2.75, 3.05) is 13.2 Å². The van der Waals surface area contributed by atoms with Crippen molar-refractivity contribution in [3.05, 3.63) is 0 Å². The number of hydrogen-bond donors (Lipinski definition) is 3. The van der Waals surface area contributed by atoms with Crippen molar-refractivity contribution in [2.45, 2.75) is 51.7 Å². The van der Waals surface area contributed by atoms with Gasteiger partial charge in [-0.2, -0.15) is 0 Å². The molecule has 0 aromatic rings. The summed E-state index contributed by atoms with van der Waals surface area (Å²) in [6.45, 7) is 7.03. The van der Waals surface area contributed by atoms with Crippen LogP contribution in [0.1, 0.15) is 40.0 Å². The number of nitrogens with one attached hydrogen (secondary N) is 1.